The summed E-state index contributed by atoms with van der Waals surface area (Å²) in [6.07, 6.45) is 3.39. The van der Waals surface area contributed by atoms with Gasteiger partial charge in [-0.2, -0.15) is 0 Å². The average Bonchev–Trinajstić information content (AvgIpc) is 2.95. The third-order valence-electron chi connectivity index (χ3n) is 3.55. The van der Waals surface area contributed by atoms with E-state index in [0.29, 0.717) is 12.5 Å². The Balaban J connectivity index is 1.83. The first-order chi connectivity index (χ1) is 11.7. The molecule has 0 spiro atoms. The number of nitrogens with zero attached hydrogens (tertiary/aromatic N) is 1. The Hall–Kier alpha value is -3.14. The molecule has 0 aliphatic carbocycles. The highest BCUT2D eigenvalue weighted by Crippen LogP contribution is 2.21. The third kappa shape index (κ3) is 3.43. The number of ether oxygens (including phenoxy) is 2. The van der Waals surface area contributed by atoms with Gasteiger partial charge < -0.3 is 9.47 Å². The van der Waals surface area contributed by atoms with Gasteiger partial charge in [-0.15, -0.1) is 0 Å². The molecule has 0 saturated carbocycles. The summed E-state index contributed by atoms with van der Waals surface area (Å²) in [6, 6.07) is 15.1. The van der Waals surface area contributed by atoms with Gasteiger partial charge in [-0.05, 0) is 42.3 Å². The van der Waals surface area contributed by atoms with Crippen LogP contribution in [0.2, 0.25) is 0 Å². The number of cyclic esters (lactones) is 1. The lowest BCUT2D eigenvalue weighted by molar-refractivity contribution is -0.129. The van der Waals surface area contributed by atoms with Crippen molar-refractivity contribution in [3.05, 3.63) is 83.6 Å². The fourth-order valence-electron chi connectivity index (χ4n) is 2.31. The zero-order valence-electron chi connectivity index (χ0n) is 13.4. The van der Waals surface area contributed by atoms with Crippen molar-refractivity contribution < 1.29 is 14.3 Å². The van der Waals surface area contributed by atoms with E-state index in [1.807, 2.05) is 55.5 Å². The van der Waals surface area contributed by atoms with E-state index in [1.165, 1.54) is 0 Å². The Labute approximate surface area is 140 Å². The highest BCUT2D eigenvalue weighted by Gasteiger charge is 2.24. The maximum Gasteiger partial charge on any atom is 0.363 e. The molecular weight excluding hydrogens is 302 g/mol. The molecule has 1 heterocycles. The van der Waals surface area contributed by atoms with Crippen LogP contribution in [0.1, 0.15) is 16.7 Å². The zero-order valence-corrected chi connectivity index (χ0v) is 13.4. The largest absolute Gasteiger partial charge is 0.490 e. The predicted octanol–water partition coefficient (Wildman–Crippen LogP) is 3.90. The monoisotopic (exact) mass is 319 g/mol. The van der Waals surface area contributed by atoms with Crippen LogP contribution in [0.15, 0.2) is 71.9 Å². The van der Waals surface area contributed by atoms with Crippen molar-refractivity contribution in [2.75, 3.05) is 6.61 Å². The van der Waals surface area contributed by atoms with E-state index >= 15 is 0 Å². The van der Waals surface area contributed by atoms with Crippen LogP contribution in [-0.2, 0) is 9.53 Å². The van der Waals surface area contributed by atoms with Crippen molar-refractivity contribution in [1.29, 1.82) is 0 Å². The number of aliphatic imine (C=N–C) groups is 1. The fourth-order valence-corrected chi connectivity index (χ4v) is 2.31. The van der Waals surface area contributed by atoms with Crippen LogP contribution < -0.4 is 4.74 Å². The highest BCUT2D eigenvalue weighted by molar-refractivity contribution is 6.13. The molecule has 0 bridgehead atoms. The summed E-state index contributed by atoms with van der Waals surface area (Å²) in [5.41, 5.74) is 2.96. The quantitative estimate of drug-likeness (QED) is 0.477. The molecule has 0 unspecified atom stereocenters. The van der Waals surface area contributed by atoms with Gasteiger partial charge in [0.25, 0.3) is 0 Å². The summed E-state index contributed by atoms with van der Waals surface area (Å²) in [7, 11) is 0. The molecule has 0 saturated heterocycles. The number of carbonyl (C=O) groups is 1. The van der Waals surface area contributed by atoms with E-state index in [0.717, 1.165) is 22.4 Å². The van der Waals surface area contributed by atoms with Crippen molar-refractivity contribution >= 4 is 17.9 Å². The minimum atomic E-state index is -0.444. The van der Waals surface area contributed by atoms with Gasteiger partial charge in [-0.1, -0.05) is 43.0 Å². The summed E-state index contributed by atoms with van der Waals surface area (Å²) in [5, 5.41) is 0. The first-order valence-corrected chi connectivity index (χ1v) is 7.59. The summed E-state index contributed by atoms with van der Waals surface area (Å²) in [5.74, 6) is 0.644. The summed E-state index contributed by atoms with van der Waals surface area (Å²) in [4.78, 5) is 16.4. The van der Waals surface area contributed by atoms with E-state index < -0.39 is 5.97 Å². The number of hydrogen-bond acceptors (Lipinski definition) is 4. The van der Waals surface area contributed by atoms with Gasteiger partial charge in [0, 0.05) is 5.56 Å². The molecule has 1 aliphatic rings. The number of aryl methyl sites for hydroxylation is 1. The lowest BCUT2D eigenvalue weighted by atomic mass is 10.1. The van der Waals surface area contributed by atoms with E-state index in [2.05, 4.69) is 11.6 Å². The van der Waals surface area contributed by atoms with E-state index in [-0.39, 0.29) is 5.70 Å². The van der Waals surface area contributed by atoms with Gasteiger partial charge in [0.05, 0.1) is 0 Å². The van der Waals surface area contributed by atoms with Crippen LogP contribution in [0.25, 0.3) is 6.08 Å². The summed E-state index contributed by atoms with van der Waals surface area (Å²) >= 11 is 0. The van der Waals surface area contributed by atoms with Crippen molar-refractivity contribution in [3.8, 4) is 5.75 Å². The molecule has 4 heteroatoms. The molecule has 0 aromatic heterocycles. The lowest BCUT2D eigenvalue weighted by Crippen LogP contribution is -2.06. The number of esters is 1. The third-order valence-corrected chi connectivity index (χ3v) is 3.55. The van der Waals surface area contributed by atoms with Crippen molar-refractivity contribution in [3.63, 3.8) is 0 Å². The van der Waals surface area contributed by atoms with Gasteiger partial charge in [-0.25, -0.2) is 9.79 Å². The molecule has 120 valence electrons. The minimum absolute atomic E-state index is 0.285. The van der Waals surface area contributed by atoms with Gasteiger partial charge in [0.2, 0.25) is 5.90 Å². The van der Waals surface area contributed by atoms with Gasteiger partial charge >= 0.3 is 5.97 Å². The lowest BCUT2D eigenvalue weighted by Gasteiger charge is -2.02. The van der Waals surface area contributed by atoms with E-state index in [9.17, 15) is 4.79 Å². The van der Waals surface area contributed by atoms with Crippen LogP contribution >= 0.6 is 0 Å². The first-order valence-electron chi connectivity index (χ1n) is 7.59. The van der Waals surface area contributed by atoms with Crippen molar-refractivity contribution in [1.82, 2.24) is 0 Å². The van der Waals surface area contributed by atoms with Crippen LogP contribution in [0.5, 0.6) is 5.75 Å². The Kier molecular flexibility index (Phi) is 4.57. The van der Waals surface area contributed by atoms with Crippen LogP contribution in [-0.4, -0.2) is 18.5 Å². The maximum atomic E-state index is 12.0. The molecule has 4 nitrogen and oxygen atoms in total. The number of carbonyl (C=O) groups excluding carboxylic acids is 1. The van der Waals surface area contributed by atoms with Gasteiger partial charge in [0.15, 0.2) is 5.70 Å². The molecule has 1 aliphatic heterocycles. The molecule has 0 amide bonds. The predicted molar refractivity (Wildman–Crippen MR) is 93.9 cm³/mol. The second-order valence-corrected chi connectivity index (χ2v) is 5.32. The Morgan fingerprint density at radius 3 is 2.62 bits per heavy atom. The van der Waals surface area contributed by atoms with Crippen LogP contribution in [0, 0.1) is 6.92 Å². The van der Waals surface area contributed by atoms with Crippen LogP contribution in [0.4, 0.5) is 0 Å². The molecule has 0 fully saturated rings. The smallest absolute Gasteiger partial charge is 0.363 e. The molecule has 0 radical (unpaired) electrons. The molecule has 0 atom stereocenters. The number of hydrogen-bond donors (Lipinski definition) is 0. The van der Waals surface area contributed by atoms with Gasteiger partial charge in [-0.3, -0.25) is 0 Å². The van der Waals surface area contributed by atoms with E-state index in [1.54, 1.807) is 12.2 Å². The fraction of sp³-hybridized carbons (Fsp3) is 0.100. The molecule has 0 N–H and O–H groups in total. The van der Waals surface area contributed by atoms with E-state index in [4.69, 9.17) is 9.47 Å². The molecule has 3 rings (SSSR count). The van der Waals surface area contributed by atoms with Gasteiger partial charge in [0.1, 0.15) is 12.4 Å². The normalized spacial score (nSPS) is 15.1. The van der Waals surface area contributed by atoms with Crippen molar-refractivity contribution in [2.24, 2.45) is 4.99 Å². The number of benzene rings is 2. The molecule has 2 aromatic carbocycles. The summed E-state index contributed by atoms with van der Waals surface area (Å²) < 4.78 is 10.7. The molecule has 2 aromatic rings. The Morgan fingerprint density at radius 2 is 1.92 bits per heavy atom. The Morgan fingerprint density at radius 1 is 1.17 bits per heavy atom. The topological polar surface area (TPSA) is 47.9 Å². The second-order valence-electron chi connectivity index (χ2n) is 5.32. The molecular formula is C20H17NO3. The highest BCUT2D eigenvalue weighted by atomic mass is 16.6. The molecule has 24 heavy (non-hydrogen) atoms. The van der Waals surface area contributed by atoms with Crippen molar-refractivity contribution in [2.45, 2.75) is 6.92 Å². The zero-order chi connectivity index (χ0) is 16.9. The Bertz CT molecular complexity index is 832. The maximum absolute atomic E-state index is 12.0. The minimum Gasteiger partial charge on any atom is -0.490 e. The standard InChI is InChI=1S/C20H17NO3/c1-3-12-23-16-10-8-15(9-11-16)13-18-20(22)24-19(21-18)17-7-5-4-6-14(17)2/h3-11,13H,1,12H2,2H3/b18-13-. The summed E-state index contributed by atoms with van der Waals surface area (Å²) in [6.45, 7) is 6.02. The second kappa shape index (κ2) is 6.96. The number of rotatable bonds is 5. The van der Waals surface area contributed by atoms with Crippen LogP contribution in [0.3, 0.4) is 0 Å². The SMILES string of the molecule is C=CCOc1ccc(/C=C2\N=C(c3ccccc3C)OC2=O)cc1. The first kappa shape index (κ1) is 15.7. The average molecular weight is 319 g/mol.